The summed E-state index contributed by atoms with van der Waals surface area (Å²) in [6.45, 7) is 10.6. The highest BCUT2D eigenvalue weighted by atomic mass is 16.2. The highest BCUT2D eigenvalue weighted by Gasteiger charge is 2.19. The molecule has 0 aliphatic rings. The number of amides is 1. The van der Waals surface area contributed by atoms with Crippen molar-refractivity contribution in [2.45, 2.75) is 40.5 Å². The second-order valence-electron chi connectivity index (χ2n) is 4.63. The molecule has 1 atom stereocenters. The molecule has 1 unspecified atom stereocenters. The van der Waals surface area contributed by atoms with Gasteiger partial charge < -0.3 is 10.6 Å². The van der Waals surface area contributed by atoms with Crippen LogP contribution in [0.4, 0.5) is 0 Å². The number of rotatable bonds is 7. The quantitative estimate of drug-likeness (QED) is 0.703. The van der Waals surface area contributed by atoms with E-state index < -0.39 is 0 Å². The van der Waals surface area contributed by atoms with E-state index in [0.29, 0.717) is 12.5 Å². The first-order chi connectivity index (χ1) is 7.02. The fraction of sp³-hybridized carbons (Fsp3) is 0.917. The van der Waals surface area contributed by atoms with Crippen molar-refractivity contribution in [2.75, 3.05) is 19.6 Å². The average Bonchev–Trinajstić information content (AvgIpc) is 2.21. The van der Waals surface area contributed by atoms with Gasteiger partial charge in [0.15, 0.2) is 0 Å². The van der Waals surface area contributed by atoms with E-state index in [1.54, 1.807) is 0 Å². The highest BCUT2D eigenvalue weighted by Crippen LogP contribution is 2.09. The van der Waals surface area contributed by atoms with Gasteiger partial charge in [-0.2, -0.15) is 0 Å². The van der Waals surface area contributed by atoms with E-state index in [0.717, 1.165) is 25.9 Å². The Morgan fingerprint density at radius 2 is 1.93 bits per heavy atom. The normalized spacial score (nSPS) is 12.9. The molecule has 0 spiro atoms. The lowest BCUT2D eigenvalue weighted by Gasteiger charge is -2.27. The Morgan fingerprint density at radius 3 is 2.33 bits per heavy atom. The summed E-state index contributed by atoms with van der Waals surface area (Å²) in [4.78, 5) is 14.0. The molecule has 0 saturated carbocycles. The third-order valence-corrected chi connectivity index (χ3v) is 2.56. The maximum absolute atomic E-state index is 12.0. The molecule has 15 heavy (non-hydrogen) atoms. The highest BCUT2D eigenvalue weighted by molar-refractivity contribution is 5.78. The first kappa shape index (κ1) is 14.4. The minimum Gasteiger partial charge on any atom is -0.342 e. The summed E-state index contributed by atoms with van der Waals surface area (Å²) < 4.78 is 0. The minimum atomic E-state index is 0.140. The number of nitrogens with zero attached hydrogens (tertiary/aromatic N) is 1. The Kier molecular flexibility index (Phi) is 7.39. The molecule has 3 nitrogen and oxygen atoms in total. The van der Waals surface area contributed by atoms with Crippen LogP contribution in [0.5, 0.6) is 0 Å². The van der Waals surface area contributed by atoms with Gasteiger partial charge in [-0.1, -0.05) is 27.7 Å². The topological polar surface area (TPSA) is 46.3 Å². The van der Waals surface area contributed by atoms with Gasteiger partial charge in [-0.3, -0.25) is 4.79 Å². The van der Waals surface area contributed by atoms with Gasteiger partial charge in [0.1, 0.15) is 0 Å². The van der Waals surface area contributed by atoms with Crippen LogP contribution in [-0.2, 0) is 4.79 Å². The summed E-state index contributed by atoms with van der Waals surface area (Å²) in [6.07, 6.45) is 1.81. The standard InChI is InChI=1S/C12H26N2O/c1-5-11(4)12(15)14(8-6-7-13)9-10(2)3/h10-11H,5-9,13H2,1-4H3. The van der Waals surface area contributed by atoms with Gasteiger partial charge >= 0.3 is 0 Å². The number of nitrogens with two attached hydrogens (primary N) is 1. The number of hydrogen-bond acceptors (Lipinski definition) is 2. The third-order valence-electron chi connectivity index (χ3n) is 2.56. The van der Waals surface area contributed by atoms with Gasteiger partial charge in [0, 0.05) is 19.0 Å². The largest absolute Gasteiger partial charge is 0.342 e. The molecular formula is C12H26N2O. The van der Waals surface area contributed by atoms with Crippen molar-refractivity contribution in [2.24, 2.45) is 17.6 Å². The number of carbonyl (C=O) groups excluding carboxylic acids is 1. The van der Waals surface area contributed by atoms with Gasteiger partial charge in [0.2, 0.25) is 5.91 Å². The van der Waals surface area contributed by atoms with E-state index in [1.807, 2.05) is 11.8 Å². The van der Waals surface area contributed by atoms with Crippen molar-refractivity contribution in [3.63, 3.8) is 0 Å². The van der Waals surface area contributed by atoms with Crippen molar-refractivity contribution in [1.82, 2.24) is 4.90 Å². The van der Waals surface area contributed by atoms with Gasteiger partial charge in [-0.25, -0.2) is 0 Å². The first-order valence-electron chi connectivity index (χ1n) is 6.01. The molecular weight excluding hydrogens is 188 g/mol. The average molecular weight is 214 g/mol. The predicted molar refractivity (Wildman–Crippen MR) is 64.5 cm³/mol. The van der Waals surface area contributed by atoms with Gasteiger partial charge in [0.05, 0.1) is 0 Å². The molecule has 0 aromatic carbocycles. The van der Waals surface area contributed by atoms with E-state index >= 15 is 0 Å². The summed E-state index contributed by atoms with van der Waals surface area (Å²) in [5.74, 6) is 0.942. The van der Waals surface area contributed by atoms with Crippen LogP contribution in [0.15, 0.2) is 0 Å². The molecule has 0 aromatic heterocycles. The molecule has 0 aliphatic heterocycles. The lowest BCUT2D eigenvalue weighted by Crippen LogP contribution is -2.38. The maximum atomic E-state index is 12.0. The fourth-order valence-electron chi connectivity index (χ4n) is 1.50. The van der Waals surface area contributed by atoms with Crippen LogP contribution < -0.4 is 5.73 Å². The van der Waals surface area contributed by atoms with Crippen molar-refractivity contribution >= 4 is 5.91 Å². The van der Waals surface area contributed by atoms with Gasteiger partial charge in [-0.15, -0.1) is 0 Å². The molecule has 0 radical (unpaired) electrons. The van der Waals surface area contributed by atoms with E-state index in [9.17, 15) is 4.79 Å². The Hall–Kier alpha value is -0.570. The fourth-order valence-corrected chi connectivity index (χ4v) is 1.50. The molecule has 0 aromatic rings. The molecule has 1 amide bonds. The van der Waals surface area contributed by atoms with E-state index in [-0.39, 0.29) is 11.8 Å². The van der Waals surface area contributed by atoms with Crippen LogP contribution in [0.25, 0.3) is 0 Å². The molecule has 2 N–H and O–H groups in total. The summed E-state index contributed by atoms with van der Waals surface area (Å²) in [6, 6.07) is 0. The van der Waals surface area contributed by atoms with Crippen LogP contribution >= 0.6 is 0 Å². The summed E-state index contributed by atoms with van der Waals surface area (Å²) >= 11 is 0. The SMILES string of the molecule is CCC(C)C(=O)N(CCCN)CC(C)C. The van der Waals surface area contributed by atoms with Crippen LogP contribution in [0.1, 0.15) is 40.5 Å². The van der Waals surface area contributed by atoms with Gasteiger partial charge in [0.25, 0.3) is 0 Å². The first-order valence-corrected chi connectivity index (χ1v) is 6.01. The smallest absolute Gasteiger partial charge is 0.225 e. The molecule has 0 fully saturated rings. The molecule has 0 heterocycles. The predicted octanol–water partition coefficient (Wildman–Crippen LogP) is 1.87. The van der Waals surface area contributed by atoms with Crippen LogP contribution in [0.3, 0.4) is 0 Å². The van der Waals surface area contributed by atoms with Crippen molar-refractivity contribution in [3.05, 3.63) is 0 Å². The van der Waals surface area contributed by atoms with Crippen LogP contribution in [0.2, 0.25) is 0 Å². The lowest BCUT2D eigenvalue weighted by atomic mass is 10.1. The molecule has 0 bridgehead atoms. The summed E-state index contributed by atoms with van der Waals surface area (Å²) in [7, 11) is 0. The van der Waals surface area contributed by atoms with Crippen molar-refractivity contribution in [3.8, 4) is 0 Å². The van der Waals surface area contributed by atoms with Crippen LogP contribution in [-0.4, -0.2) is 30.4 Å². The Balaban J connectivity index is 4.26. The van der Waals surface area contributed by atoms with Crippen molar-refractivity contribution in [1.29, 1.82) is 0 Å². The summed E-state index contributed by atoms with van der Waals surface area (Å²) in [5.41, 5.74) is 5.48. The van der Waals surface area contributed by atoms with Crippen LogP contribution in [0, 0.1) is 11.8 Å². The molecule has 0 aliphatic carbocycles. The maximum Gasteiger partial charge on any atom is 0.225 e. The van der Waals surface area contributed by atoms with E-state index in [2.05, 4.69) is 20.8 Å². The Bertz CT molecular complexity index is 180. The van der Waals surface area contributed by atoms with E-state index in [1.165, 1.54) is 0 Å². The Morgan fingerprint density at radius 1 is 1.33 bits per heavy atom. The monoisotopic (exact) mass is 214 g/mol. The minimum absolute atomic E-state index is 0.140. The second kappa shape index (κ2) is 7.69. The van der Waals surface area contributed by atoms with Crippen molar-refractivity contribution < 1.29 is 4.79 Å². The second-order valence-corrected chi connectivity index (χ2v) is 4.63. The van der Waals surface area contributed by atoms with Gasteiger partial charge in [-0.05, 0) is 25.3 Å². The molecule has 3 heteroatoms. The lowest BCUT2D eigenvalue weighted by molar-refractivity contribution is -0.135. The molecule has 90 valence electrons. The zero-order valence-electron chi connectivity index (χ0n) is 10.6. The zero-order chi connectivity index (χ0) is 11.8. The van der Waals surface area contributed by atoms with E-state index in [4.69, 9.17) is 5.73 Å². The number of hydrogen-bond donors (Lipinski definition) is 1. The Labute approximate surface area is 94.0 Å². The molecule has 0 saturated heterocycles. The molecule has 0 rings (SSSR count). The number of carbonyl (C=O) groups is 1. The zero-order valence-corrected chi connectivity index (χ0v) is 10.6. The summed E-state index contributed by atoms with van der Waals surface area (Å²) in [5, 5.41) is 0. The third kappa shape index (κ3) is 5.78.